The molecule has 1 N–H and O–H groups in total. The summed E-state index contributed by atoms with van der Waals surface area (Å²) in [5, 5.41) is 3.62. The molecule has 21 heavy (non-hydrogen) atoms. The molecule has 0 aliphatic rings. The van der Waals surface area contributed by atoms with Crippen molar-refractivity contribution < 1.29 is 4.74 Å². The Morgan fingerprint density at radius 3 is 2.52 bits per heavy atom. The first-order chi connectivity index (χ1) is 10.0. The minimum atomic E-state index is 0.247. The number of rotatable bonds is 5. The molecule has 0 aromatic heterocycles. The van der Waals surface area contributed by atoms with Crippen LogP contribution < -0.4 is 10.1 Å². The zero-order chi connectivity index (χ0) is 15.4. The molecule has 2 aromatic carbocycles. The van der Waals surface area contributed by atoms with E-state index >= 15 is 0 Å². The summed E-state index contributed by atoms with van der Waals surface area (Å²) in [7, 11) is 1.70. The first-order valence-corrected chi connectivity index (χ1v) is 8.50. The monoisotopic (exact) mass is 411 g/mol. The van der Waals surface area contributed by atoms with Crippen LogP contribution in [0.1, 0.15) is 30.5 Å². The van der Waals surface area contributed by atoms with E-state index in [0.717, 1.165) is 32.4 Å². The number of aryl methyl sites for hydroxylation is 1. The van der Waals surface area contributed by atoms with Crippen molar-refractivity contribution in [1.82, 2.24) is 0 Å². The summed E-state index contributed by atoms with van der Waals surface area (Å²) in [5.74, 6) is 0.857. The number of nitrogens with one attached hydrogen (secondary N) is 1. The molecule has 0 fully saturated rings. The molecule has 0 amide bonds. The van der Waals surface area contributed by atoms with Crippen molar-refractivity contribution in [2.75, 3.05) is 12.4 Å². The Morgan fingerprint density at radius 1 is 1.14 bits per heavy atom. The molecule has 4 heteroatoms. The molecule has 1 unspecified atom stereocenters. The Bertz CT molecular complexity index is 628. The van der Waals surface area contributed by atoms with Crippen LogP contribution in [0.4, 0.5) is 5.69 Å². The summed E-state index contributed by atoms with van der Waals surface area (Å²) in [6.07, 6.45) is 0.995. The third-order valence-electron chi connectivity index (χ3n) is 3.46. The lowest BCUT2D eigenvalue weighted by Gasteiger charge is -2.22. The van der Waals surface area contributed by atoms with E-state index in [-0.39, 0.29) is 6.04 Å². The highest BCUT2D eigenvalue weighted by Gasteiger charge is 2.14. The number of ether oxygens (including phenoxy) is 1. The van der Waals surface area contributed by atoms with E-state index in [9.17, 15) is 0 Å². The predicted octanol–water partition coefficient (Wildman–Crippen LogP) is 6.09. The van der Waals surface area contributed by atoms with Crippen molar-refractivity contribution in [3.8, 4) is 5.75 Å². The number of methoxy groups -OCH3 is 1. The fraction of sp³-hybridized carbons (Fsp3) is 0.294. The van der Waals surface area contributed by atoms with Crippen molar-refractivity contribution in [2.45, 2.75) is 26.3 Å². The lowest BCUT2D eigenvalue weighted by molar-refractivity contribution is 0.415. The second-order valence-corrected chi connectivity index (χ2v) is 6.79. The zero-order valence-corrected chi connectivity index (χ0v) is 15.6. The lowest BCUT2D eigenvalue weighted by atomic mass is 10.0. The summed E-state index contributed by atoms with van der Waals surface area (Å²) in [4.78, 5) is 0. The Balaban J connectivity index is 2.35. The lowest BCUT2D eigenvalue weighted by Crippen LogP contribution is -2.11. The van der Waals surface area contributed by atoms with Gasteiger partial charge in [0.1, 0.15) is 5.75 Å². The van der Waals surface area contributed by atoms with Gasteiger partial charge in [-0.25, -0.2) is 0 Å². The van der Waals surface area contributed by atoms with Gasteiger partial charge >= 0.3 is 0 Å². The number of hydrogen-bond donors (Lipinski definition) is 1. The standard InChI is InChI=1S/C17H19Br2NO/c1-4-15(12-6-5-7-13(18)9-12)20-17-11(2)8-14(19)10-16(17)21-3/h5-10,15,20H,4H2,1-3H3. The molecule has 1 atom stereocenters. The summed E-state index contributed by atoms with van der Waals surface area (Å²) in [5.41, 5.74) is 3.47. The summed E-state index contributed by atoms with van der Waals surface area (Å²) >= 11 is 7.05. The maximum absolute atomic E-state index is 5.51. The van der Waals surface area contributed by atoms with Crippen LogP contribution in [0.2, 0.25) is 0 Å². The molecule has 2 rings (SSSR count). The molecule has 0 aliphatic carbocycles. The van der Waals surface area contributed by atoms with Crippen LogP contribution in [0.3, 0.4) is 0 Å². The Hall–Kier alpha value is -1.00. The highest BCUT2D eigenvalue weighted by atomic mass is 79.9. The van der Waals surface area contributed by atoms with Gasteiger partial charge in [0.25, 0.3) is 0 Å². The molecule has 0 aliphatic heterocycles. The van der Waals surface area contributed by atoms with Crippen LogP contribution in [-0.2, 0) is 0 Å². The van der Waals surface area contributed by atoms with Crippen LogP contribution >= 0.6 is 31.9 Å². The fourth-order valence-electron chi connectivity index (χ4n) is 2.38. The van der Waals surface area contributed by atoms with Crippen molar-refractivity contribution in [3.63, 3.8) is 0 Å². The summed E-state index contributed by atoms with van der Waals surface area (Å²) < 4.78 is 7.63. The third kappa shape index (κ3) is 4.01. The van der Waals surface area contributed by atoms with Crippen LogP contribution in [0.15, 0.2) is 45.3 Å². The average Bonchev–Trinajstić information content (AvgIpc) is 2.45. The van der Waals surface area contributed by atoms with Gasteiger partial charge in [-0.05, 0) is 48.7 Å². The van der Waals surface area contributed by atoms with Gasteiger partial charge in [-0.2, -0.15) is 0 Å². The molecular weight excluding hydrogens is 394 g/mol. The molecule has 0 radical (unpaired) electrons. The number of benzene rings is 2. The zero-order valence-electron chi connectivity index (χ0n) is 12.4. The second-order valence-electron chi connectivity index (χ2n) is 4.96. The molecule has 0 heterocycles. The van der Waals surface area contributed by atoms with Gasteiger partial charge in [0.05, 0.1) is 18.8 Å². The SMILES string of the molecule is CCC(Nc1c(C)cc(Br)cc1OC)c1cccc(Br)c1. The molecule has 0 bridgehead atoms. The Morgan fingerprint density at radius 2 is 1.90 bits per heavy atom. The minimum absolute atomic E-state index is 0.247. The van der Waals surface area contributed by atoms with E-state index in [1.807, 2.05) is 12.1 Å². The van der Waals surface area contributed by atoms with Gasteiger partial charge in [0, 0.05) is 8.95 Å². The first kappa shape index (κ1) is 16.4. The smallest absolute Gasteiger partial charge is 0.143 e. The number of hydrogen-bond acceptors (Lipinski definition) is 2. The predicted molar refractivity (Wildman–Crippen MR) is 96.2 cm³/mol. The highest BCUT2D eigenvalue weighted by molar-refractivity contribution is 9.10. The first-order valence-electron chi connectivity index (χ1n) is 6.91. The average molecular weight is 413 g/mol. The normalized spacial score (nSPS) is 12.0. The van der Waals surface area contributed by atoms with Crippen LogP contribution in [0.25, 0.3) is 0 Å². The molecular formula is C17H19Br2NO. The quantitative estimate of drug-likeness (QED) is 0.641. The van der Waals surface area contributed by atoms with Gasteiger partial charge in [-0.3, -0.25) is 0 Å². The van der Waals surface area contributed by atoms with Gasteiger partial charge < -0.3 is 10.1 Å². The molecule has 0 spiro atoms. The van der Waals surface area contributed by atoms with Crippen molar-refractivity contribution in [3.05, 3.63) is 56.5 Å². The van der Waals surface area contributed by atoms with E-state index in [1.165, 1.54) is 5.56 Å². The molecule has 0 saturated heterocycles. The van der Waals surface area contributed by atoms with Crippen molar-refractivity contribution in [2.24, 2.45) is 0 Å². The number of halogens is 2. The van der Waals surface area contributed by atoms with E-state index in [0.29, 0.717) is 0 Å². The maximum atomic E-state index is 5.51. The van der Waals surface area contributed by atoms with Gasteiger partial charge in [-0.1, -0.05) is 50.9 Å². The highest BCUT2D eigenvalue weighted by Crippen LogP contribution is 2.35. The van der Waals surface area contributed by atoms with Crippen molar-refractivity contribution in [1.29, 1.82) is 0 Å². The molecule has 112 valence electrons. The van der Waals surface area contributed by atoms with E-state index in [2.05, 4.69) is 75.3 Å². The molecule has 2 nitrogen and oxygen atoms in total. The van der Waals surface area contributed by atoms with E-state index < -0.39 is 0 Å². The number of anilines is 1. The van der Waals surface area contributed by atoms with E-state index in [4.69, 9.17) is 4.74 Å². The molecule has 2 aromatic rings. The van der Waals surface area contributed by atoms with Gasteiger partial charge in [0.2, 0.25) is 0 Å². The van der Waals surface area contributed by atoms with Crippen molar-refractivity contribution >= 4 is 37.5 Å². The van der Waals surface area contributed by atoms with E-state index in [1.54, 1.807) is 7.11 Å². The molecule has 0 saturated carbocycles. The van der Waals surface area contributed by atoms with Crippen LogP contribution in [0, 0.1) is 6.92 Å². The van der Waals surface area contributed by atoms with Crippen LogP contribution in [0.5, 0.6) is 5.75 Å². The second kappa shape index (κ2) is 7.32. The largest absolute Gasteiger partial charge is 0.495 e. The summed E-state index contributed by atoms with van der Waals surface area (Å²) in [6, 6.07) is 12.7. The van der Waals surface area contributed by atoms with Crippen LogP contribution in [-0.4, -0.2) is 7.11 Å². The topological polar surface area (TPSA) is 21.3 Å². The van der Waals surface area contributed by atoms with Gasteiger partial charge in [-0.15, -0.1) is 0 Å². The minimum Gasteiger partial charge on any atom is -0.495 e. The fourth-order valence-corrected chi connectivity index (χ4v) is 3.35. The van der Waals surface area contributed by atoms with Gasteiger partial charge in [0.15, 0.2) is 0 Å². The Kier molecular flexibility index (Phi) is 5.71. The Labute approximate surface area is 143 Å². The maximum Gasteiger partial charge on any atom is 0.143 e. The third-order valence-corrected chi connectivity index (χ3v) is 4.41. The summed E-state index contributed by atoms with van der Waals surface area (Å²) in [6.45, 7) is 4.27.